The second-order valence-corrected chi connectivity index (χ2v) is 6.76. The number of aryl methyl sites for hydroxylation is 1. The fourth-order valence-corrected chi connectivity index (χ4v) is 2.49. The summed E-state index contributed by atoms with van der Waals surface area (Å²) in [6.07, 6.45) is 3.53. The molecule has 0 radical (unpaired) electrons. The van der Waals surface area contributed by atoms with Gasteiger partial charge in [0.25, 0.3) is 0 Å². The Balaban J connectivity index is 0.000000547. The monoisotopic (exact) mass is 363 g/mol. The fourth-order valence-electron chi connectivity index (χ4n) is 0.583. The summed E-state index contributed by atoms with van der Waals surface area (Å²) in [7, 11) is -13.2. The maximum Gasteiger partial charge on any atom is 0.512 e. The van der Waals surface area contributed by atoms with Gasteiger partial charge in [0.15, 0.2) is 0 Å². The number of sulfonamides is 2. The normalized spacial score (nSPS) is 13.5. The van der Waals surface area contributed by atoms with Crippen LogP contribution >= 0.6 is 0 Å². The molecule has 0 saturated heterocycles. The van der Waals surface area contributed by atoms with Crippen LogP contribution in [0.15, 0.2) is 12.4 Å². The zero-order valence-corrected chi connectivity index (χ0v) is 11.5. The Morgan fingerprint density at radius 2 is 1.38 bits per heavy atom. The van der Waals surface area contributed by atoms with E-state index >= 15 is 0 Å². The SMILES string of the molecule is Cc1ncc[nH]1.O=S(=O)(NS(=O)(=O)C(F)(F)F)C(F)(F)F. The molecule has 1 heterocycles. The fraction of sp³-hybridized carbons (Fsp3) is 0.500. The predicted molar refractivity (Wildman–Crippen MR) is 56.4 cm³/mol. The van der Waals surface area contributed by atoms with E-state index in [1.165, 1.54) is 0 Å². The molecule has 0 aliphatic carbocycles. The summed E-state index contributed by atoms with van der Waals surface area (Å²) < 4.78 is 108. The van der Waals surface area contributed by atoms with Crippen LogP contribution in [0.3, 0.4) is 0 Å². The van der Waals surface area contributed by atoms with E-state index in [9.17, 15) is 43.2 Å². The van der Waals surface area contributed by atoms with E-state index in [4.69, 9.17) is 0 Å². The number of aromatic amines is 1. The molecule has 1 aromatic heterocycles. The van der Waals surface area contributed by atoms with Gasteiger partial charge in [-0.1, -0.05) is 4.13 Å². The van der Waals surface area contributed by atoms with Gasteiger partial charge in [0.1, 0.15) is 5.82 Å². The van der Waals surface area contributed by atoms with Crippen molar-refractivity contribution in [2.75, 3.05) is 0 Å². The van der Waals surface area contributed by atoms with Gasteiger partial charge in [0.2, 0.25) is 0 Å². The largest absolute Gasteiger partial charge is 0.512 e. The van der Waals surface area contributed by atoms with Crippen molar-refractivity contribution in [1.82, 2.24) is 14.1 Å². The topological polar surface area (TPSA) is 109 Å². The van der Waals surface area contributed by atoms with Gasteiger partial charge in [-0.25, -0.2) is 21.8 Å². The predicted octanol–water partition coefficient (Wildman–Crippen LogP) is 0.993. The number of imidazole rings is 1. The highest BCUT2D eigenvalue weighted by Gasteiger charge is 2.55. The molecule has 0 amide bonds. The number of halogens is 6. The van der Waals surface area contributed by atoms with Gasteiger partial charge in [0, 0.05) is 12.4 Å². The van der Waals surface area contributed by atoms with Gasteiger partial charge in [-0.15, -0.1) is 0 Å². The van der Waals surface area contributed by atoms with Gasteiger partial charge in [-0.3, -0.25) is 0 Å². The van der Waals surface area contributed by atoms with E-state index in [0.29, 0.717) is 0 Å². The highest BCUT2D eigenvalue weighted by atomic mass is 32.3. The zero-order chi connectivity index (χ0) is 17.1. The van der Waals surface area contributed by atoms with E-state index < -0.39 is 35.2 Å². The summed E-state index contributed by atoms with van der Waals surface area (Å²) in [5.41, 5.74) is -12.3. The first-order chi connectivity index (χ1) is 9.10. The Morgan fingerprint density at radius 1 is 1.00 bits per heavy atom. The molecule has 0 bridgehead atoms. The Hall–Kier alpha value is -1.35. The van der Waals surface area contributed by atoms with Crippen molar-refractivity contribution in [1.29, 1.82) is 0 Å². The van der Waals surface area contributed by atoms with Gasteiger partial charge in [0.05, 0.1) is 0 Å². The maximum atomic E-state index is 11.5. The molecule has 0 atom stereocenters. The third kappa shape index (κ3) is 5.88. The lowest BCUT2D eigenvalue weighted by Gasteiger charge is -2.11. The molecule has 0 unspecified atom stereocenters. The minimum Gasteiger partial charge on any atom is -0.349 e. The number of H-pyrrole nitrogens is 1. The second kappa shape index (κ2) is 6.18. The lowest BCUT2D eigenvalue weighted by molar-refractivity contribution is -0.0476. The molecule has 0 aliphatic rings. The number of nitrogens with one attached hydrogen (secondary N) is 2. The van der Waals surface area contributed by atoms with Crippen molar-refractivity contribution >= 4 is 20.0 Å². The van der Waals surface area contributed by atoms with Crippen molar-refractivity contribution < 1.29 is 43.2 Å². The van der Waals surface area contributed by atoms with E-state index in [2.05, 4.69) is 9.97 Å². The molecule has 0 saturated carbocycles. The van der Waals surface area contributed by atoms with Crippen LogP contribution in [0.4, 0.5) is 26.3 Å². The van der Waals surface area contributed by atoms with E-state index in [0.717, 1.165) is 5.82 Å². The molecule has 21 heavy (non-hydrogen) atoms. The molecular weight excluding hydrogens is 356 g/mol. The summed E-state index contributed by atoms with van der Waals surface area (Å²) >= 11 is 0. The molecule has 15 heteroatoms. The number of nitrogens with zero attached hydrogens (tertiary/aromatic N) is 1. The lowest BCUT2D eigenvalue weighted by atomic mass is 10.8. The standard InChI is InChI=1S/C4H6N2.C2HF6NO4S2/c1-4-5-2-3-6-4;3-1(4,5)14(10,11)9-15(12,13)2(6,7)8/h2-3H,1H3,(H,5,6);9H. The molecule has 124 valence electrons. The smallest absolute Gasteiger partial charge is 0.349 e. The van der Waals surface area contributed by atoms with Crippen LogP contribution in [0.5, 0.6) is 0 Å². The molecular formula is C6H7F6N3O4S2. The summed E-state index contributed by atoms with van der Waals surface area (Å²) in [6, 6.07) is 0. The molecule has 1 aromatic rings. The van der Waals surface area contributed by atoms with Crippen molar-refractivity contribution in [2.24, 2.45) is 0 Å². The summed E-state index contributed by atoms with van der Waals surface area (Å²) in [4.78, 5) is 6.75. The molecule has 0 aromatic carbocycles. The summed E-state index contributed by atoms with van der Waals surface area (Å²) in [6.45, 7) is 1.92. The van der Waals surface area contributed by atoms with Crippen LogP contribution in [-0.4, -0.2) is 37.8 Å². The third-order valence-electron chi connectivity index (χ3n) is 1.46. The Morgan fingerprint density at radius 3 is 1.52 bits per heavy atom. The second-order valence-electron chi connectivity index (χ2n) is 3.16. The highest BCUT2D eigenvalue weighted by Crippen LogP contribution is 2.27. The first kappa shape index (κ1) is 19.7. The van der Waals surface area contributed by atoms with E-state index in [1.54, 1.807) is 12.4 Å². The average molecular weight is 363 g/mol. The van der Waals surface area contributed by atoms with Gasteiger partial charge in [-0.2, -0.15) is 26.3 Å². The van der Waals surface area contributed by atoms with E-state index in [1.807, 2.05) is 6.92 Å². The highest BCUT2D eigenvalue weighted by molar-refractivity contribution is 8.05. The number of hydrogen-bond donors (Lipinski definition) is 2. The Labute approximate surface area is 114 Å². The van der Waals surface area contributed by atoms with Crippen molar-refractivity contribution in [3.05, 3.63) is 18.2 Å². The number of alkyl halides is 6. The van der Waals surface area contributed by atoms with Gasteiger partial charge >= 0.3 is 31.1 Å². The maximum absolute atomic E-state index is 11.5. The third-order valence-corrected chi connectivity index (χ3v) is 4.44. The molecule has 7 nitrogen and oxygen atoms in total. The first-order valence-electron chi connectivity index (χ1n) is 4.47. The Kier molecular flexibility index (Phi) is 5.79. The van der Waals surface area contributed by atoms with Crippen LogP contribution < -0.4 is 4.13 Å². The quantitative estimate of drug-likeness (QED) is 0.762. The van der Waals surface area contributed by atoms with Crippen LogP contribution in [0.2, 0.25) is 0 Å². The molecule has 0 spiro atoms. The minimum atomic E-state index is -6.60. The van der Waals surface area contributed by atoms with Crippen LogP contribution in [-0.2, 0) is 20.0 Å². The summed E-state index contributed by atoms with van der Waals surface area (Å²) in [5.74, 6) is 0.968. The summed E-state index contributed by atoms with van der Waals surface area (Å²) in [5, 5.41) is 0. The van der Waals surface area contributed by atoms with Gasteiger partial charge < -0.3 is 4.98 Å². The lowest BCUT2D eigenvalue weighted by Crippen LogP contribution is -2.45. The van der Waals surface area contributed by atoms with Crippen molar-refractivity contribution in [2.45, 2.75) is 17.9 Å². The van der Waals surface area contributed by atoms with Crippen molar-refractivity contribution in [3.8, 4) is 0 Å². The zero-order valence-electron chi connectivity index (χ0n) is 9.82. The average Bonchev–Trinajstić information content (AvgIpc) is 2.64. The van der Waals surface area contributed by atoms with Crippen LogP contribution in [0, 0.1) is 6.92 Å². The molecule has 0 fully saturated rings. The first-order valence-corrected chi connectivity index (χ1v) is 7.44. The van der Waals surface area contributed by atoms with Gasteiger partial charge in [-0.05, 0) is 6.92 Å². The Bertz CT molecular complexity index is 604. The minimum absolute atomic E-state index is 0.493. The van der Waals surface area contributed by atoms with Crippen LogP contribution in [0.25, 0.3) is 0 Å². The van der Waals surface area contributed by atoms with Crippen molar-refractivity contribution in [3.63, 3.8) is 0 Å². The molecule has 0 aliphatic heterocycles. The number of hydrogen-bond acceptors (Lipinski definition) is 5. The van der Waals surface area contributed by atoms with E-state index in [-0.39, 0.29) is 0 Å². The number of aromatic nitrogens is 2. The molecule has 2 N–H and O–H groups in total. The molecule has 1 rings (SSSR count). The number of rotatable bonds is 2. The van der Waals surface area contributed by atoms with Crippen LogP contribution in [0.1, 0.15) is 5.82 Å².